The average Bonchev–Trinajstić information content (AvgIpc) is 3.25. The maximum atomic E-state index is 12.8. The molecule has 4 heterocycles. The first-order valence-corrected chi connectivity index (χ1v) is 8.68. The van der Waals surface area contributed by atoms with E-state index in [0.717, 1.165) is 17.6 Å². The lowest BCUT2D eigenvalue weighted by molar-refractivity contribution is 0.0715. The Bertz CT molecular complexity index is 945. The Morgan fingerprint density at radius 1 is 1.00 bits per heavy atom. The molecular formula is C19H20N4O3. The van der Waals surface area contributed by atoms with Crippen LogP contribution < -0.4 is 0 Å². The van der Waals surface area contributed by atoms with Crippen molar-refractivity contribution >= 4 is 17.5 Å². The van der Waals surface area contributed by atoms with Crippen LogP contribution in [0, 0.1) is 6.92 Å². The van der Waals surface area contributed by atoms with Crippen molar-refractivity contribution in [2.45, 2.75) is 13.3 Å². The second-order valence-corrected chi connectivity index (χ2v) is 6.55. The third-order valence-corrected chi connectivity index (χ3v) is 4.66. The highest BCUT2D eigenvalue weighted by molar-refractivity contribution is 5.94. The Kier molecular flexibility index (Phi) is 4.20. The van der Waals surface area contributed by atoms with Crippen LogP contribution in [0.3, 0.4) is 0 Å². The molecule has 0 bridgehead atoms. The maximum absolute atomic E-state index is 12.8. The summed E-state index contributed by atoms with van der Waals surface area (Å²) in [6, 6.07) is 5.54. The zero-order chi connectivity index (χ0) is 18.1. The van der Waals surface area contributed by atoms with Gasteiger partial charge >= 0.3 is 0 Å². The van der Waals surface area contributed by atoms with Gasteiger partial charge in [0.15, 0.2) is 0 Å². The number of carbonyl (C=O) groups is 2. The number of imidazole rings is 1. The SMILES string of the molecule is Cc1ccc2nc(C(=O)N3CCCN(C(=O)c4ccoc4)CC3)cn2c1. The fraction of sp³-hybridized carbons (Fsp3) is 0.316. The molecule has 0 aliphatic carbocycles. The summed E-state index contributed by atoms with van der Waals surface area (Å²) in [6.07, 6.45) is 7.40. The van der Waals surface area contributed by atoms with Gasteiger partial charge in [-0.15, -0.1) is 0 Å². The number of nitrogens with zero attached hydrogens (tertiary/aromatic N) is 4. The highest BCUT2D eigenvalue weighted by Crippen LogP contribution is 2.13. The minimum Gasteiger partial charge on any atom is -0.472 e. The van der Waals surface area contributed by atoms with Crippen LogP contribution in [-0.4, -0.2) is 57.2 Å². The third kappa shape index (κ3) is 3.08. The van der Waals surface area contributed by atoms with Crippen molar-refractivity contribution < 1.29 is 14.0 Å². The van der Waals surface area contributed by atoms with Crippen molar-refractivity contribution in [1.29, 1.82) is 0 Å². The zero-order valence-electron chi connectivity index (χ0n) is 14.6. The molecule has 26 heavy (non-hydrogen) atoms. The predicted molar refractivity (Wildman–Crippen MR) is 95.1 cm³/mol. The maximum Gasteiger partial charge on any atom is 0.274 e. The van der Waals surface area contributed by atoms with Gasteiger partial charge in [0, 0.05) is 38.6 Å². The van der Waals surface area contributed by atoms with Crippen molar-refractivity contribution in [2.24, 2.45) is 0 Å². The summed E-state index contributed by atoms with van der Waals surface area (Å²) in [5.74, 6) is -0.153. The highest BCUT2D eigenvalue weighted by Gasteiger charge is 2.25. The minimum absolute atomic E-state index is 0.0590. The van der Waals surface area contributed by atoms with E-state index in [9.17, 15) is 9.59 Å². The first-order chi connectivity index (χ1) is 12.6. The molecule has 0 spiro atoms. The molecule has 4 rings (SSSR count). The summed E-state index contributed by atoms with van der Waals surface area (Å²) in [4.78, 5) is 33.3. The van der Waals surface area contributed by atoms with Gasteiger partial charge in [0.1, 0.15) is 17.6 Å². The van der Waals surface area contributed by atoms with Crippen LogP contribution in [-0.2, 0) is 0 Å². The van der Waals surface area contributed by atoms with E-state index in [0.29, 0.717) is 37.4 Å². The van der Waals surface area contributed by atoms with Gasteiger partial charge in [-0.2, -0.15) is 0 Å². The topological polar surface area (TPSA) is 71.1 Å². The van der Waals surface area contributed by atoms with E-state index in [1.54, 1.807) is 22.1 Å². The molecule has 0 unspecified atom stereocenters. The van der Waals surface area contributed by atoms with Crippen LogP contribution in [0.2, 0.25) is 0 Å². The lowest BCUT2D eigenvalue weighted by Gasteiger charge is -2.21. The fourth-order valence-electron chi connectivity index (χ4n) is 3.26. The quantitative estimate of drug-likeness (QED) is 0.709. The highest BCUT2D eigenvalue weighted by atomic mass is 16.3. The molecule has 1 aliphatic heterocycles. The van der Waals surface area contributed by atoms with Crippen LogP contribution >= 0.6 is 0 Å². The normalized spacial score (nSPS) is 15.3. The van der Waals surface area contributed by atoms with Crippen LogP contribution in [0.5, 0.6) is 0 Å². The summed E-state index contributed by atoms with van der Waals surface area (Å²) in [5, 5.41) is 0. The Labute approximate surface area is 150 Å². The van der Waals surface area contributed by atoms with E-state index in [1.807, 2.05) is 29.7 Å². The number of furan rings is 1. The molecule has 2 amide bonds. The minimum atomic E-state index is -0.0936. The molecule has 3 aromatic rings. The number of aromatic nitrogens is 2. The van der Waals surface area contributed by atoms with Crippen LogP contribution in [0.15, 0.2) is 47.5 Å². The van der Waals surface area contributed by atoms with Crippen molar-refractivity contribution in [1.82, 2.24) is 19.2 Å². The summed E-state index contributed by atoms with van der Waals surface area (Å²) >= 11 is 0. The summed E-state index contributed by atoms with van der Waals surface area (Å²) in [6.45, 7) is 4.23. The van der Waals surface area contributed by atoms with E-state index in [2.05, 4.69) is 4.98 Å². The molecular weight excluding hydrogens is 332 g/mol. The van der Waals surface area contributed by atoms with Gasteiger partial charge in [0.05, 0.1) is 11.8 Å². The Balaban J connectivity index is 1.47. The number of hydrogen-bond donors (Lipinski definition) is 0. The number of amides is 2. The average molecular weight is 352 g/mol. The Morgan fingerprint density at radius 2 is 1.77 bits per heavy atom. The second kappa shape index (κ2) is 6.67. The lowest BCUT2D eigenvalue weighted by Crippen LogP contribution is -2.37. The molecule has 134 valence electrons. The van der Waals surface area contributed by atoms with Crippen molar-refractivity contribution in [3.8, 4) is 0 Å². The molecule has 1 aliphatic rings. The van der Waals surface area contributed by atoms with Crippen molar-refractivity contribution in [3.05, 3.63) is 59.9 Å². The smallest absolute Gasteiger partial charge is 0.274 e. The number of hydrogen-bond acceptors (Lipinski definition) is 4. The van der Waals surface area contributed by atoms with E-state index < -0.39 is 0 Å². The van der Waals surface area contributed by atoms with Gasteiger partial charge in [-0.1, -0.05) is 6.07 Å². The van der Waals surface area contributed by atoms with Gasteiger partial charge in [-0.3, -0.25) is 9.59 Å². The van der Waals surface area contributed by atoms with E-state index in [1.165, 1.54) is 12.5 Å². The molecule has 3 aromatic heterocycles. The first-order valence-electron chi connectivity index (χ1n) is 8.68. The molecule has 1 fully saturated rings. The number of aryl methyl sites for hydroxylation is 1. The van der Waals surface area contributed by atoms with Gasteiger partial charge in [0.2, 0.25) is 0 Å². The van der Waals surface area contributed by atoms with Crippen molar-refractivity contribution in [3.63, 3.8) is 0 Å². The van der Waals surface area contributed by atoms with Crippen molar-refractivity contribution in [2.75, 3.05) is 26.2 Å². The van der Waals surface area contributed by atoms with E-state index in [4.69, 9.17) is 4.42 Å². The summed E-state index contributed by atoms with van der Waals surface area (Å²) < 4.78 is 6.86. The van der Waals surface area contributed by atoms with Gasteiger partial charge in [-0.25, -0.2) is 4.98 Å². The predicted octanol–water partition coefficient (Wildman–Crippen LogP) is 2.22. The summed E-state index contributed by atoms with van der Waals surface area (Å²) in [7, 11) is 0. The van der Waals surface area contributed by atoms with Crippen LogP contribution in [0.25, 0.3) is 5.65 Å². The van der Waals surface area contributed by atoms with Crippen LogP contribution in [0.4, 0.5) is 0 Å². The number of pyridine rings is 1. The summed E-state index contributed by atoms with van der Waals surface area (Å²) in [5.41, 5.74) is 2.84. The largest absolute Gasteiger partial charge is 0.472 e. The third-order valence-electron chi connectivity index (χ3n) is 4.66. The van der Waals surface area contributed by atoms with Gasteiger partial charge < -0.3 is 18.6 Å². The molecule has 1 saturated heterocycles. The molecule has 0 N–H and O–H groups in total. The number of carbonyl (C=O) groups excluding carboxylic acids is 2. The molecule has 0 saturated carbocycles. The first kappa shape index (κ1) is 16.4. The standard InChI is InChI=1S/C19H20N4O3/c1-14-3-4-17-20-16(12-23(17)11-14)19(25)22-7-2-6-21(8-9-22)18(24)15-5-10-26-13-15/h3-5,10-13H,2,6-9H2,1H3. The number of rotatable bonds is 2. The lowest BCUT2D eigenvalue weighted by atomic mass is 10.3. The van der Waals surface area contributed by atoms with E-state index >= 15 is 0 Å². The van der Waals surface area contributed by atoms with Gasteiger partial charge in [0.25, 0.3) is 11.8 Å². The van der Waals surface area contributed by atoms with Gasteiger partial charge in [-0.05, 0) is 31.0 Å². The molecule has 7 nitrogen and oxygen atoms in total. The molecule has 0 radical (unpaired) electrons. The zero-order valence-corrected chi connectivity index (χ0v) is 14.6. The molecule has 0 atom stereocenters. The monoisotopic (exact) mass is 352 g/mol. The number of fused-ring (bicyclic) bond motifs is 1. The fourth-order valence-corrected chi connectivity index (χ4v) is 3.26. The van der Waals surface area contributed by atoms with Crippen LogP contribution in [0.1, 0.15) is 32.8 Å². The Morgan fingerprint density at radius 3 is 2.50 bits per heavy atom. The molecule has 0 aromatic carbocycles. The molecule has 7 heteroatoms. The van der Waals surface area contributed by atoms with E-state index in [-0.39, 0.29) is 11.8 Å². The second-order valence-electron chi connectivity index (χ2n) is 6.55. The Hall–Kier alpha value is -3.09.